The Morgan fingerprint density at radius 2 is 2.07 bits per heavy atom. The molecule has 0 aliphatic heterocycles. The number of halogens is 2. The number of rotatable bonds is 3. The summed E-state index contributed by atoms with van der Waals surface area (Å²) in [6, 6.07) is 0. The minimum Gasteiger partial charge on any atom is -0.237 e. The van der Waals surface area contributed by atoms with Gasteiger partial charge in [-0.15, -0.1) is 0 Å². The van der Waals surface area contributed by atoms with Gasteiger partial charge < -0.3 is 0 Å². The van der Waals surface area contributed by atoms with Crippen LogP contribution in [0, 0.1) is 10.5 Å². The van der Waals surface area contributed by atoms with Gasteiger partial charge in [0.2, 0.25) is 0 Å². The van der Waals surface area contributed by atoms with Crippen LogP contribution in [0.2, 0.25) is 5.15 Å². The highest BCUT2D eigenvalue weighted by molar-refractivity contribution is 14.1. The number of nitrogens with zero attached hydrogens (tertiary/aromatic N) is 2. The third kappa shape index (κ3) is 2.79. The van der Waals surface area contributed by atoms with E-state index >= 15 is 0 Å². The van der Waals surface area contributed by atoms with Gasteiger partial charge in [0.1, 0.15) is 11.0 Å². The Morgan fingerprint density at radius 3 is 2.57 bits per heavy atom. The summed E-state index contributed by atoms with van der Waals surface area (Å²) in [7, 11) is 0. The maximum absolute atomic E-state index is 6.00. The van der Waals surface area contributed by atoms with Crippen LogP contribution in [0.4, 0.5) is 0 Å². The van der Waals surface area contributed by atoms with Gasteiger partial charge in [0.05, 0.1) is 9.26 Å². The highest BCUT2D eigenvalue weighted by Gasteiger charge is 2.12. The SMILES string of the molecule is CCCC(C)c1nc(C)c(I)c(Cl)n1. The Kier molecular flexibility index (Phi) is 4.57. The second-order valence-electron chi connectivity index (χ2n) is 3.46. The molecule has 0 spiro atoms. The molecular weight excluding hydrogens is 310 g/mol. The first-order valence-corrected chi connectivity index (χ1v) is 6.21. The van der Waals surface area contributed by atoms with Gasteiger partial charge in [-0.1, -0.05) is 31.9 Å². The third-order valence-corrected chi connectivity index (χ3v) is 4.04. The van der Waals surface area contributed by atoms with E-state index < -0.39 is 0 Å². The fourth-order valence-electron chi connectivity index (χ4n) is 1.33. The largest absolute Gasteiger partial charge is 0.237 e. The lowest BCUT2D eigenvalue weighted by Crippen LogP contribution is -2.04. The van der Waals surface area contributed by atoms with Crippen molar-refractivity contribution in [3.63, 3.8) is 0 Å². The van der Waals surface area contributed by atoms with E-state index in [1.165, 1.54) is 0 Å². The van der Waals surface area contributed by atoms with Crippen molar-refractivity contribution in [3.05, 3.63) is 20.2 Å². The van der Waals surface area contributed by atoms with Crippen molar-refractivity contribution in [2.45, 2.75) is 39.5 Å². The smallest absolute Gasteiger partial charge is 0.146 e. The number of hydrogen-bond donors (Lipinski definition) is 0. The van der Waals surface area contributed by atoms with E-state index in [0.29, 0.717) is 11.1 Å². The Balaban J connectivity index is 3.00. The summed E-state index contributed by atoms with van der Waals surface area (Å²) in [5.41, 5.74) is 0.976. The average molecular weight is 325 g/mol. The molecule has 0 saturated heterocycles. The third-order valence-electron chi connectivity index (χ3n) is 2.16. The number of hydrogen-bond acceptors (Lipinski definition) is 2. The molecular formula is C10H14ClIN2. The van der Waals surface area contributed by atoms with E-state index in [1.807, 2.05) is 6.92 Å². The van der Waals surface area contributed by atoms with Crippen LogP contribution in [-0.2, 0) is 0 Å². The van der Waals surface area contributed by atoms with Crippen LogP contribution in [-0.4, -0.2) is 9.97 Å². The summed E-state index contributed by atoms with van der Waals surface area (Å²) in [6.07, 6.45) is 2.25. The predicted molar refractivity (Wildman–Crippen MR) is 67.8 cm³/mol. The second-order valence-corrected chi connectivity index (χ2v) is 4.90. The van der Waals surface area contributed by atoms with Crippen molar-refractivity contribution < 1.29 is 0 Å². The van der Waals surface area contributed by atoms with E-state index in [-0.39, 0.29) is 0 Å². The molecule has 1 rings (SSSR count). The van der Waals surface area contributed by atoms with Gasteiger partial charge in [-0.05, 0) is 35.9 Å². The average Bonchev–Trinajstić information content (AvgIpc) is 2.13. The van der Waals surface area contributed by atoms with Crippen LogP contribution < -0.4 is 0 Å². The second kappa shape index (κ2) is 5.26. The fourth-order valence-corrected chi connectivity index (χ4v) is 1.79. The van der Waals surface area contributed by atoms with Crippen molar-refractivity contribution in [3.8, 4) is 0 Å². The number of aryl methyl sites for hydroxylation is 1. The van der Waals surface area contributed by atoms with Crippen LogP contribution in [0.15, 0.2) is 0 Å². The van der Waals surface area contributed by atoms with Gasteiger partial charge in [-0.3, -0.25) is 0 Å². The first-order chi connectivity index (χ1) is 6.56. The van der Waals surface area contributed by atoms with Crippen LogP contribution in [0.1, 0.15) is 44.1 Å². The lowest BCUT2D eigenvalue weighted by atomic mass is 10.1. The molecule has 2 nitrogen and oxygen atoms in total. The van der Waals surface area contributed by atoms with Gasteiger partial charge in [0.25, 0.3) is 0 Å². The summed E-state index contributed by atoms with van der Waals surface area (Å²) < 4.78 is 0.955. The number of aromatic nitrogens is 2. The zero-order chi connectivity index (χ0) is 10.7. The molecule has 1 heterocycles. The molecule has 0 saturated carbocycles. The van der Waals surface area contributed by atoms with E-state index in [0.717, 1.165) is 27.9 Å². The molecule has 0 aliphatic carbocycles. The molecule has 0 fully saturated rings. The molecule has 1 aromatic heterocycles. The van der Waals surface area contributed by atoms with Gasteiger partial charge in [-0.2, -0.15) is 0 Å². The quantitative estimate of drug-likeness (QED) is 0.621. The Hall–Kier alpha value is 0.1000. The Morgan fingerprint density at radius 1 is 1.43 bits per heavy atom. The molecule has 4 heteroatoms. The highest BCUT2D eigenvalue weighted by Crippen LogP contribution is 2.23. The lowest BCUT2D eigenvalue weighted by Gasteiger charge is -2.10. The molecule has 1 unspecified atom stereocenters. The van der Waals surface area contributed by atoms with Crippen molar-refractivity contribution >= 4 is 34.2 Å². The van der Waals surface area contributed by atoms with Crippen LogP contribution in [0.25, 0.3) is 0 Å². The molecule has 0 radical (unpaired) electrons. The van der Waals surface area contributed by atoms with Gasteiger partial charge >= 0.3 is 0 Å². The summed E-state index contributed by atoms with van der Waals surface area (Å²) in [6.45, 7) is 6.27. The van der Waals surface area contributed by atoms with Crippen molar-refractivity contribution in [2.75, 3.05) is 0 Å². The molecule has 0 aliphatic rings. The minimum atomic E-state index is 0.396. The maximum atomic E-state index is 6.00. The van der Waals surface area contributed by atoms with E-state index in [9.17, 15) is 0 Å². The van der Waals surface area contributed by atoms with Crippen molar-refractivity contribution in [2.24, 2.45) is 0 Å². The standard InChI is InChI=1S/C10H14ClIN2/c1-4-5-6(2)10-13-7(3)8(12)9(11)14-10/h6H,4-5H2,1-3H3. The van der Waals surface area contributed by atoms with E-state index in [2.05, 4.69) is 46.4 Å². The van der Waals surface area contributed by atoms with Gasteiger partial charge in [0, 0.05) is 5.92 Å². The summed E-state index contributed by atoms with van der Waals surface area (Å²) in [5.74, 6) is 1.27. The fraction of sp³-hybridized carbons (Fsp3) is 0.600. The summed E-state index contributed by atoms with van der Waals surface area (Å²) >= 11 is 8.18. The highest BCUT2D eigenvalue weighted by atomic mass is 127. The molecule has 0 amide bonds. The molecule has 0 bridgehead atoms. The Bertz CT molecular complexity index is 305. The minimum absolute atomic E-state index is 0.396. The summed E-state index contributed by atoms with van der Waals surface area (Å²) in [5, 5.41) is 0.580. The first-order valence-electron chi connectivity index (χ1n) is 4.75. The van der Waals surface area contributed by atoms with Gasteiger partial charge in [-0.25, -0.2) is 9.97 Å². The normalized spacial score (nSPS) is 12.9. The lowest BCUT2D eigenvalue weighted by molar-refractivity contribution is 0.623. The molecule has 1 aromatic rings. The maximum Gasteiger partial charge on any atom is 0.146 e. The topological polar surface area (TPSA) is 25.8 Å². The van der Waals surface area contributed by atoms with E-state index in [4.69, 9.17) is 11.6 Å². The molecule has 0 aromatic carbocycles. The summed E-state index contributed by atoms with van der Waals surface area (Å²) in [4.78, 5) is 8.75. The van der Waals surface area contributed by atoms with E-state index in [1.54, 1.807) is 0 Å². The van der Waals surface area contributed by atoms with Gasteiger partial charge in [0.15, 0.2) is 0 Å². The predicted octanol–water partition coefficient (Wildman–Crippen LogP) is 3.95. The zero-order valence-corrected chi connectivity index (χ0v) is 11.6. The van der Waals surface area contributed by atoms with Crippen molar-refractivity contribution in [1.29, 1.82) is 0 Å². The first kappa shape index (κ1) is 12.2. The van der Waals surface area contributed by atoms with Crippen LogP contribution in [0.3, 0.4) is 0 Å². The molecule has 14 heavy (non-hydrogen) atoms. The molecule has 0 N–H and O–H groups in total. The van der Waals surface area contributed by atoms with Crippen molar-refractivity contribution in [1.82, 2.24) is 9.97 Å². The zero-order valence-electron chi connectivity index (χ0n) is 8.64. The monoisotopic (exact) mass is 324 g/mol. The Labute approximate surface area is 104 Å². The van der Waals surface area contributed by atoms with Crippen LogP contribution >= 0.6 is 34.2 Å². The molecule has 1 atom stereocenters. The molecule has 78 valence electrons. The van der Waals surface area contributed by atoms with Crippen LogP contribution in [0.5, 0.6) is 0 Å².